The van der Waals surface area contributed by atoms with Crippen molar-refractivity contribution in [2.24, 2.45) is 0 Å². The highest BCUT2D eigenvalue weighted by Crippen LogP contribution is 2.39. The summed E-state index contributed by atoms with van der Waals surface area (Å²) < 4.78 is 0.232. The highest BCUT2D eigenvalue weighted by Gasteiger charge is 2.33. The molecule has 1 atom stereocenters. The summed E-state index contributed by atoms with van der Waals surface area (Å²) in [6.07, 6.45) is 0. The molecule has 3 rings (SSSR count). The van der Waals surface area contributed by atoms with Crippen molar-refractivity contribution in [1.29, 1.82) is 0 Å². The molecule has 3 N–H and O–H groups in total. The number of H-pyrrole nitrogens is 2. The molecule has 0 bridgehead atoms. The van der Waals surface area contributed by atoms with E-state index in [0.29, 0.717) is 27.7 Å². The number of halogens is 1. The smallest absolute Gasteiger partial charge is 0.257 e. The molecule has 0 radical (unpaired) electrons. The van der Waals surface area contributed by atoms with Gasteiger partial charge >= 0.3 is 0 Å². The van der Waals surface area contributed by atoms with E-state index in [2.05, 4.69) is 15.3 Å². The van der Waals surface area contributed by atoms with Crippen molar-refractivity contribution in [2.75, 3.05) is 5.32 Å². The summed E-state index contributed by atoms with van der Waals surface area (Å²) in [5.41, 5.74) is 2.19. The standard InChI is InChI=1S/C16H14ClN3O2S/c1-7-11(8(2)21)12(9-3-5-10(17)6-4-9)13-14(18-7)19-16(23)20-15(13)22/h3-6,12H,1-2H3,(H3,18,19,20,22,23). The fraction of sp³-hybridized carbons (Fsp3) is 0.188. The number of nitrogens with one attached hydrogen (secondary N) is 3. The van der Waals surface area contributed by atoms with Crippen LogP contribution in [-0.2, 0) is 4.79 Å². The quantitative estimate of drug-likeness (QED) is 0.726. The Balaban J connectivity index is 2.33. The van der Waals surface area contributed by atoms with Crippen LogP contribution in [-0.4, -0.2) is 15.8 Å². The number of Topliss-reactive ketones (excluding diaryl/α,β-unsaturated/α-hetero) is 1. The lowest BCUT2D eigenvalue weighted by Gasteiger charge is -2.28. The molecule has 118 valence electrons. The molecule has 0 aliphatic carbocycles. The van der Waals surface area contributed by atoms with Crippen LogP contribution in [0.2, 0.25) is 5.02 Å². The van der Waals surface area contributed by atoms with Crippen molar-refractivity contribution in [2.45, 2.75) is 19.8 Å². The van der Waals surface area contributed by atoms with Crippen LogP contribution in [0.4, 0.5) is 5.82 Å². The zero-order valence-electron chi connectivity index (χ0n) is 12.5. The normalized spacial score (nSPS) is 16.7. The Labute approximate surface area is 142 Å². The molecule has 1 aliphatic rings. The summed E-state index contributed by atoms with van der Waals surface area (Å²) in [6.45, 7) is 3.30. The molecular weight excluding hydrogens is 334 g/mol. The Morgan fingerprint density at radius 1 is 1.22 bits per heavy atom. The first kappa shape index (κ1) is 15.7. The number of aromatic nitrogens is 2. The van der Waals surface area contributed by atoms with Gasteiger partial charge in [-0.1, -0.05) is 23.7 Å². The Hall–Kier alpha value is -2.18. The van der Waals surface area contributed by atoms with Gasteiger partial charge in [0.05, 0.1) is 5.56 Å². The second-order valence-corrected chi connectivity index (χ2v) is 6.25. The zero-order chi connectivity index (χ0) is 16.7. The number of ketones is 1. The van der Waals surface area contributed by atoms with E-state index in [1.165, 1.54) is 6.92 Å². The molecule has 7 heteroatoms. The second-order valence-electron chi connectivity index (χ2n) is 5.40. The fourth-order valence-corrected chi connectivity index (χ4v) is 3.26. The molecule has 0 saturated heterocycles. The largest absolute Gasteiger partial charge is 0.345 e. The van der Waals surface area contributed by atoms with Gasteiger partial charge in [0.15, 0.2) is 10.6 Å². The van der Waals surface area contributed by atoms with Gasteiger partial charge in [0, 0.05) is 22.2 Å². The molecule has 5 nitrogen and oxygen atoms in total. The first-order valence-corrected chi connectivity index (χ1v) is 7.77. The van der Waals surface area contributed by atoms with Crippen LogP contribution in [0.1, 0.15) is 30.9 Å². The van der Waals surface area contributed by atoms with E-state index >= 15 is 0 Å². The van der Waals surface area contributed by atoms with Gasteiger partial charge in [-0.05, 0) is 43.8 Å². The summed E-state index contributed by atoms with van der Waals surface area (Å²) in [6, 6.07) is 7.12. The van der Waals surface area contributed by atoms with Crippen LogP contribution in [0.5, 0.6) is 0 Å². The van der Waals surface area contributed by atoms with Crippen molar-refractivity contribution in [1.82, 2.24) is 9.97 Å². The van der Waals surface area contributed by atoms with Gasteiger partial charge in [-0.15, -0.1) is 0 Å². The molecule has 2 heterocycles. The van der Waals surface area contributed by atoms with Gasteiger partial charge in [-0.2, -0.15) is 0 Å². The minimum absolute atomic E-state index is 0.0950. The van der Waals surface area contributed by atoms with Crippen molar-refractivity contribution in [3.63, 3.8) is 0 Å². The average molecular weight is 348 g/mol. The minimum atomic E-state index is -0.475. The molecule has 1 aromatic carbocycles. The van der Waals surface area contributed by atoms with Crippen molar-refractivity contribution < 1.29 is 4.79 Å². The zero-order valence-corrected chi connectivity index (χ0v) is 14.1. The summed E-state index contributed by atoms with van der Waals surface area (Å²) in [5, 5.41) is 3.67. The lowest BCUT2D eigenvalue weighted by molar-refractivity contribution is -0.113. The molecule has 1 aliphatic heterocycles. The molecule has 2 aromatic rings. The van der Waals surface area contributed by atoms with E-state index in [0.717, 1.165) is 5.56 Å². The number of benzene rings is 1. The van der Waals surface area contributed by atoms with E-state index in [1.54, 1.807) is 19.1 Å². The van der Waals surface area contributed by atoms with Crippen molar-refractivity contribution >= 4 is 35.4 Å². The maximum Gasteiger partial charge on any atom is 0.257 e. The number of hydrogen-bond acceptors (Lipinski definition) is 4. The summed E-state index contributed by atoms with van der Waals surface area (Å²) in [7, 11) is 0. The summed E-state index contributed by atoms with van der Waals surface area (Å²) in [5.74, 6) is -0.0553. The minimum Gasteiger partial charge on any atom is -0.345 e. The second kappa shape index (κ2) is 5.79. The van der Waals surface area contributed by atoms with Crippen LogP contribution in [0.3, 0.4) is 0 Å². The van der Waals surface area contributed by atoms with E-state index < -0.39 is 5.92 Å². The highest BCUT2D eigenvalue weighted by molar-refractivity contribution is 7.71. The topological polar surface area (TPSA) is 77.8 Å². The van der Waals surface area contributed by atoms with E-state index in [9.17, 15) is 9.59 Å². The van der Waals surface area contributed by atoms with Gasteiger partial charge < -0.3 is 10.3 Å². The molecule has 0 spiro atoms. The van der Waals surface area contributed by atoms with Crippen LogP contribution in [0.15, 0.2) is 40.3 Å². The lowest BCUT2D eigenvalue weighted by atomic mass is 9.81. The number of fused-ring (bicyclic) bond motifs is 1. The summed E-state index contributed by atoms with van der Waals surface area (Å²) in [4.78, 5) is 30.2. The maximum atomic E-state index is 12.5. The maximum absolute atomic E-state index is 12.5. The predicted molar refractivity (Wildman–Crippen MR) is 92.5 cm³/mol. The number of rotatable bonds is 2. The third kappa shape index (κ3) is 2.75. The lowest BCUT2D eigenvalue weighted by Crippen LogP contribution is -2.29. The van der Waals surface area contributed by atoms with Crippen LogP contribution < -0.4 is 10.9 Å². The fourth-order valence-electron chi connectivity index (χ4n) is 2.94. The Morgan fingerprint density at radius 2 is 1.87 bits per heavy atom. The van der Waals surface area contributed by atoms with Gasteiger partial charge in [-0.25, -0.2) is 0 Å². The Kier molecular flexibility index (Phi) is 3.95. The van der Waals surface area contributed by atoms with Gasteiger partial charge in [0.1, 0.15) is 5.82 Å². The van der Waals surface area contributed by atoms with E-state index in [4.69, 9.17) is 23.8 Å². The third-order valence-electron chi connectivity index (χ3n) is 3.86. The molecule has 23 heavy (non-hydrogen) atoms. The molecule has 1 unspecified atom stereocenters. The van der Waals surface area contributed by atoms with E-state index in [-0.39, 0.29) is 16.1 Å². The number of carbonyl (C=O) groups is 1. The van der Waals surface area contributed by atoms with Gasteiger partial charge in [0.25, 0.3) is 5.56 Å². The molecular formula is C16H14ClN3O2S. The van der Waals surface area contributed by atoms with E-state index in [1.807, 2.05) is 12.1 Å². The van der Waals surface area contributed by atoms with Gasteiger partial charge in [0.2, 0.25) is 0 Å². The molecule has 0 saturated carbocycles. The third-order valence-corrected chi connectivity index (χ3v) is 4.31. The number of allylic oxidation sites excluding steroid dienone is 2. The first-order valence-electron chi connectivity index (χ1n) is 6.99. The number of hydrogen-bond donors (Lipinski definition) is 3. The molecule has 0 fully saturated rings. The SMILES string of the molecule is CC(=O)C1=C(C)Nc2[nH]c(=S)[nH]c(=O)c2C1c1ccc(Cl)cc1. The highest BCUT2D eigenvalue weighted by atomic mass is 35.5. The predicted octanol–water partition coefficient (Wildman–Crippen LogP) is 3.51. The number of carbonyl (C=O) groups excluding carboxylic acids is 1. The molecule has 0 amide bonds. The average Bonchev–Trinajstić information content (AvgIpc) is 2.45. The Morgan fingerprint density at radius 3 is 2.48 bits per heavy atom. The van der Waals surface area contributed by atoms with Crippen molar-refractivity contribution in [3.8, 4) is 0 Å². The first-order chi connectivity index (χ1) is 10.9. The van der Waals surface area contributed by atoms with Crippen molar-refractivity contribution in [3.05, 3.63) is 66.8 Å². The van der Waals surface area contributed by atoms with Crippen LogP contribution in [0, 0.1) is 4.77 Å². The summed E-state index contributed by atoms with van der Waals surface area (Å²) >= 11 is 11.0. The number of anilines is 1. The van der Waals surface area contributed by atoms with Crippen LogP contribution >= 0.6 is 23.8 Å². The van der Waals surface area contributed by atoms with Crippen LogP contribution in [0.25, 0.3) is 0 Å². The number of aromatic amines is 2. The van der Waals surface area contributed by atoms with Gasteiger partial charge in [-0.3, -0.25) is 14.6 Å². The monoisotopic (exact) mass is 347 g/mol. The molecule has 1 aromatic heterocycles. The Bertz CT molecular complexity index is 941.